The maximum absolute atomic E-state index is 12.6. The van der Waals surface area contributed by atoms with Gasteiger partial charge in [-0.05, 0) is 30.4 Å². The van der Waals surface area contributed by atoms with Crippen molar-refractivity contribution in [2.24, 2.45) is 11.8 Å². The number of hydrogen-bond donors (Lipinski definition) is 2. The first-order valence-corrected chi connectivity index (χ1v) is 9.44. The number of benzene rings is 1. The van der Waals surface area contributed by atoms with Crippen LogP contribution in [0.25, 0.3) is 0 Å². The van der Waals surface area contributed by atoms with Crippen LogP contribution in [-0.2, 0) is 14.4 Å². The normalized spacial score (nSPS) is 25.2. The lowest BCUT2D eigenvalue weighted by atomic mass is 9.78. The molecule has 1 aliphatic heterocycles. The van der Waals surface area contributed by atoms with Crippen LogP contribution >= 0.6 is 0 Å². The molecule has 2 N–H and O–H groups in total. The second-order valence-corrected chi connectivity index (χ2v) is 7.49. The predicted molar refractivity (Wildman–Crippen MR) is 101 cm³/mol. The summed E-state index contributed by atoms with van der Waals surface area (Å²) in [7, 11) is 0. The molecular weight excluding hydrogens is 330 g/mol. The number of fused-ring (bicyclic) bond motifs is 1. The Bertz CT molecular complexity index is 703. The lowest BCUT2D eigenvalue weighted by Crippen LogP contribution is -2.45. The largest absolute Gasteiger partial charge is 0.353 e. The Morgan fingerprint density at radius 1 is 1.19 bits per heavy atom. The lowest BCUT2D eigenvalue weighted by molar-refractivity contribution is -0.126. The standard InChI is InChI=1S/C20H27N3O3/c1-13-6-5-8-15(14(13)2)21-18(24)10-11-20(26)23-12-19(25)22-16-7-3-4-9-17(16)23/h3-4,7,9,13-15H,5-6,8,10-12H2,1-2H3,(H,21,24)(H,22,25). The molecule has 26 heavy (non-hydrogen) atoms. The SMILES string of the molecule is CC1CCCC(NC(=O)CCC(=O)N2CC(=O)Nc3ccccc32)C1C. The number of hydrogen-bond acceptors (Lipinski definition) is 3. The Kier molecular flexibility index (Phi) is 5.59. The number of carbonyl (C=O) groups is 3. The van der Waals surface area contributed by atoms with Gasteiger partial charge in [0.05, 0.1) is 11.4 Å². The van der Waals surface area contributed by atoms with Crippen molar-refractivity contribution in [3.8, 4) is 0 Å². The zero-order valence-corrected chi connectivity index (χ0v) is 15.5. The first-order valence-electron chi connectivity index (χ1n) is 9.44. The van der Waals surface area contributed by atoms with Gasteiger partial charge in [0.25, 0.3) is 0 Å². The molecule has 3 amide bonds. The average molecular weight is 357 g/mol. The van der Waals surface area contributed by atoms with Crippen molar-refractivity contribution in [1.29, 1.82) is 0 Å². The summed E-state index contributed by atoms with van der Waals surface area (Å²) in [6.07, 6.45) is 3.60. The van der Waals surface area contributed by atoms with Gasteiger partial charge in [-0.25, -0.2) is 0 Å². The maximum Gasteiger partial charge on any atom is 0.244 e. The zero-order valence-electron chi connectivity index (χ0n) is 15.5. The Morgan fingerprint density at radius 3 is 2.77 bits per heavy atom. The van der Waals surface area contributed by atoms with Crippen molar-refractivity contribution in [2.75, 3.05) is 16.8 Å². The van der Waals surface area contributed by atoms with Gasteiger partial charge in [-0.15, -0.1) is 0 Å². The van der Waals surface area contributed by atoms with E-state index in [1.54, 1.807) is 12.1 Å². The van der Waals surface area contributed by atoms with Crippen molar-refractivity contribution < 1.29 is 14.4 Å². The summed E-state index contributed by atoms with van der Waals surface area (Å²) in [5.41, 5.74) is 1.32. The molecule has 2 aliphatic rings. The summed E-state index contributed by atoms with van der Waals surface area (Å²) in [6, 6.07) is 7.41. The topological polar surface area (TPSA) is 78.5 Å². The molecule has 6 heteroatoms. The molecule has 3 rings (SSSR count). The highest BCUT2D eigenvalue weighted by molar-refractivity contribution is 6.10. The summed E-state index contributed by atoms with van der Waals surface area (Å²) < 4.78 is 0. The van der Waals surface area contributed by atoms with Crippen molar-refractivity contribution >= 4 is 29.1 Å². The van der Waals surface area contributed by atoms with Gasteiger partial charge < -0.3 is 15.5 Å². The van der Waals surface area contributed by atoms with Gasteiger partial charge in [0, 0.05) is 18.9 Å². The fourth-order valence-electron chi connectivity index (χ4n) is 3.88. The van der Waals surface area contributed by atoms with E-state index in [4.69, 9.17) is 0 Å². The Labute approximate surface area is 154 Å². The fourth-order valence-corrected chi connectivity index (χ4v) is 3.88. The molecule has 1 fully saturated rings. The van der Waals surface area contributed by atoms with Gasteiger partial charge in [-0.1, -0.05) is 38.8 Å². The summed E-state index contributed by atoms with van der Waals surface area (Å²) in [5, 5.41) is 5.86. The van der Waals surface area contributed by atoms with Crippen LogP contribution < -0.4 is 15.5 Å². The van der Waals surface area contributed by atoms with E-state index in [-0.39, 0.29) is 43.1 Å². The average Bonchev–Trinajstić information content (AvgIpc) is 2.62. The first-order chi connectivity index (χ1) is 12.5. The first kappa shape index (κ1) is 18.4. The van der Waals surface area contributed by atoms with Crippen LogP contribution in [0.15, 0.2) is 24.3 Å². The molecule has 3 unspecified atom stereocenters. The number of anilines is 2. The minimum atomic E-state index is -0.216. The second-order valence-electron chi connectivity index (χ2n) is 7.49. The van der Waals surface area contributed by atoms with E-state index < -0.39 is 0 Å². The van der Waals surface area contributed by atoms with E-state index in [9.17, 15) is 14.4 Å². The highest BCUT2D eigenvalue weighted by Crippen LogP contribution is 2.30. The molecule has 140 valence electrons. The van der Waals surface area contributed by atoms with Crippen LogP contribution in [0.5, 0.6) is 0 Å². The van der Waals surface area contributed by atoms with Crippen LogP contribution in [0.3, 0.4) is 0 Å². The Balaban J connectivity index is 1.56. The van der Waals surface area contributed by atoms with Crippen molar-refractivity contribution in [3.05, 3.63) is 24.3 Å². The molecular formula is C20H27N3O3. The summed E-state index contributed by atoms with van der Waals surface area (Å²) in [5.74, 6) is 0.568. The smallest absolute Gasteiger partial charge is 0.244 e. The van der Waals surface area contributed by atoms with Gasteiger partial charge in [0.2, 0.25) is 17.7 Å². The molecule has 6 nitrogen and oxygen atoms in total. The molecule has 1 aromatic carbocycles. The lowest BCUT2D eigenvalue weighted by Gasteiger charge is -2.34. The van der Waals surface area contributed by atoms with Crippen molar-refractivity contribution in [3.63, 3.8) is 0 Å². The monoisotopic (exact) mass is 357 g/mol. The minimum Gasteiger partial charge on any atom is -0.353 e. The minimum absolute atomic E-state index is 0.00532. The molecule has 0 aromatic heterocycles. The number of rotatable bonds is 4. The van der Waals surface area contributed by atoms with Crippen LogP contribution in [-0.4, -0.2) is 30.3 Å². The van der Waals surface area contributed by atoms with Crippen LogP contribution in [0, 0.1) is 11.8 Å². The molecule has 1 heterocycles. The van der Waals surface area contributed by atoms with Crippen LogP contribution in [0.2, 0.25) is 0 Å². The number of amides is 3. The van der Waals surface area contributed by atoms with Crippen LogP contribution in [0.4, 0.5) is 11.4 Å². The maximum atomic E-state index is 12.6. The summed E-state index contributed by atoms with van der Waals surface area (Å²) in [4.78, 5) is 38.2. The van der Waals surface area contributed by atoms with Gasteiger partial charge in [-0.3, -0.25) is 14.4 Å². The third kappa shape index (κ3) is 4.06. The molecule has 0 saturated heterocycles. The third-order valence-electron chi connectivity index (χ3n) is 5.69. The Hall–Kier alpha value is -2.37. The van der Waals surface area contributed by atoms with E-state index >= 15 is 0 Å². The van der Waals surface area contributed by atoms with Gasteiger partial charge >= 0.3 is 0 Å². The fraction of sp³-hybridized carbons (Fsp3) is 0.550. The van der Waals surface area contributed by atoms with Crippen LogP contribution in [0.1, 0.15) is 46.0 Å². The highest BCUT2D eigenvalue weighted by Gasteiger charge is 2.29. The van der Waals surface area contributed by atoms with E-state index in [0.717, 1.165) is 12.8 Å². The van der Waals surface area contributed by atoms with Crippen molar-refractivity contribution in [1.82, 2.24) is 5.32 Å². The highest BCUT2D eigenvalue weighted by atomic mass is 16.2. The predicted octanol–water partition coefficient (Wildman–Crippen LogP) is 2.69. The molecule has 1 saturated carbocycles. The summed E-state index contributed by atoms with van der Waals surface area (Å²) in [6.45, 7) is 4.41. The molecule has 0 spiro atoms. The van der Waals surface area contributed by atoms with E-state index in [1.165, 1.54) is 11.3 Å². The number of para-hydroxylation sites is 2. The van der Waals surface area contributed by atoms with Gasteiger partial charge in [-0.2, -0.15) is 0 Å². The summed E-state index contributed by atoms with van der Waals surface area (Å²) >= 11 is 0. The molecule has 3 atom stereocenters. The van der Waals surface area contributed by atoms with E-state index in [0.29, 0.717) is 23.2 Å². The molecule has 1 aliphatic carbocycles. The van der Waals surface area contributed by atoms with E-state index in [2.05, 4.69) is 24.5 Å². The Morgan fingerprint density at radius 2 is 1.96 bits per heavy atom. The number of nitrogens with zero attached hydrogens (tertiary/aromatic N) is 1. The van der Waals surface area contributed by atoms with Gasteiger partial charge in [0.15, 0.2) is 0 Å². The molecule has 1 aromatic rings. The van der Waals surface area contributed by atoms with E-state index in [1.807, 2.05) is 12.1 Å². The molecule has 0 bridgehead atoms. The second kappa shape index (κ2) is 7.89. The third-order valence-corrected chi connectivity index (χ3v) is 5.69. The molecule has 0 radical (unpaired) electrons. The van der Waals surface area contributed by atoms with Gasteiger partial charge in [0.1, 0.15) is 6.54 Å². The number of carbonyl (C=O) groups excluding carboxylic acids is 3. The number of nitrogens with one attached hydrogen (secondary N) is 2. The quantitative estimate of drug-likeness (QED) is 0.870. The zero-order chi connectivity index (χ0) is 18.7. The van der Waals surface area contributed by atoms with Crippen molar-refractivity contribution in [2.45, 2.75) is 52.0 Å².